The summed E-state index contributed by atoms with van der Waals surface area (Å²) in [5.74, 6) is 0. The maximum Gasteiger partial charge on any atom is 0.0397 e. The Morgan fingerprint density at radius 2 is 1.55 bits per heavy atom. The molecule has 0 fully saturated rings. The van der Waals surface area contributed by atoms with Crippen LogP contribution in [0.5, 0.6) is 0 Å². The van der Waals surface area contributed by atoms with E-state index in [1.165, 1.54) is 16.3 Å². The van der Waals surface area contributed by atoms with E-state index in [9.17, 15) is 0 Å². The molecule has 1 rings (SSSR count). The van der Waals surface area contributed by atoms with Crippen LogP contribution in [0.25, 0.3) is 0 Å². The van der Waals surface area contributed by atoms with Crippen molar-refractivity contribution >= 4 is 78.0 Å². The van der Waals surface area contributed by atoms with Crippen LogP contribution in [0.1, 0.15) is 5.56 Å². The van der Waals surface area contributed by atoms with Gasteiger partial charge in [-0.05, 0) is 91.5 Å². The highest BCUT2D eigenvalue weighted by atomic mass is 127. The third-order valence-corrected chi connectivity index (χ3v) is 6.58. The summed E-state index contributed by atoms with van der Waals surface area (Å²) in [6.07, 6.45) is 0. The molecule has 0 nitrogen and oxygen atoms in total. The van der Waals surface area contributed by atoms with E-state index in [0.717, 1.165) is 6.04 Å². The second-order valence-corrected chi connectivity index (χ2v) is 5.81. The van der Waals surface area contributed by atoms with E-state index in [4.69, 9.17) is 0 Å². The summed E-state index contributed by atoms with van der Waals surface area (Å²) in [6.45, 7) is 0. The number of rotatable bonds is 1. The van der Waals surface area contributed by atoms with E-state index < -0.39 is 0 Å². The van der Waals surface area contributed by atoms with Gasteiger partial charge >= 0.3 is 0 Å². The van der Waals surface area contributed by atoms with Crippen LogP contribution < -0.4 is 0 Å². The van der Waals surface area contributed by atoms with Crippen LogP contribution >= 0.6 is 67.8 Å². The summed E-state index contributed by atoms with van der Waals surface area (Å²) in [6, 6.07) is 5.35. The van der Waals surface area contributed by atoms with Crippen LogP contribution in [0, 0.1) is 10.7 Å². The van der Waals surface area contributed by atoms with Gasteiger partial charge < -0.3 is 0 Å². The first-order valence-electron chi connectivity index (χ1n) is 2.93. The van der Waals surface area contributed by atoms with E-state index in [2.05, 4.69) is 90.1 Å². The van der Waals surface area contributed by atoms with E-state index in [-0.39, 0.29) is 0 Å². The van der Waals surface area contributed by atoms with Gasteiger partial charge in [-0.15, -0.1) is 0 Å². The van der Waals surface area contributed by atoms with Crippen molar-refractivity contribution in [2.75, 3.05) is 0 Å². The Bertz CT molecular complexity index is 249. The number of halogens is 3. The molecule has 4 heteroatoms. The predicted octanol–water partition coefficient (Wildman–Crippen LogP) is 3.17. The summed E-state index contributed by atoms with van der Waals surface area (Å²) in [4.78, 5) is 0. The van der Waals surface area contributed by atoms with Crippen molar-refractivity contribution in [1.82, 2.24) is 0 Å². The molecule has 0 aliphatic rings. The molecule has 0 N–H and O–H groups in total. The quantitative estimate of drug-likeness (QED) is 0.318. The lowest BCUT2D eigenvalue weighted by Crippen LogP contribution is -1.91. The minimum absolute atomic E-state index is 0.933. The van der Waals surface area contributed by atoms with Crippen LogP contribution in [0.3, 0.4) is 0 Å². The molecule has 0 unspecified atom stereocenters. The van der Waals surface area contributed by atoms with Gasteiger partial charge in [0.15, 0.2) is 0 Å². The molecule has 57 valence electrons. The molecule has 0 spiro atoms. The highest BCUT2D eigenvalue weighted by Crippen LogP contribution is 2.22. The zero-order valence-corrected chi connectivity index (χ0v) is 13.0. The van der Waals surface area contributed by atoms with Gasteiger partial charge in [0.05, 0.1) is 0 Å². The molecule has 3 radical (unpaired) electrons. The Labute approximate surface area is 111 Å². The number of hydrogen-bond donors (Lipinski definition) is 0. The van der Waals surface area contributed by atoms with Gasteiger partial charge in [0.1, 0.15) is 0 Å². The Morgan fingerprint density at radius 1 is 1.09 bits per heavy atom. The van der Waals surface area contributed by atoms with Crippen molar-refractivity contribution in [2.24, 2.45) is 0 Å². The Kier molecular flexibility index (Phi) is 4.62. The van der Waals surface area contributed by atoms with Crippen LogP contribution in [0.15, 0.2) is 12.1 Å². The number of hydrogen-bond acceptors (Lipinski definition) is 0. The minimum atomic E-state index is 0.933. The summed E-state index contributed by atoms with van der Waals surface area (Å²) >= 11 is 7.10. The van der Waals surface area contributed by atoms with Crippen molar-refractivity contribution in [2.45, 2.75) is 6.04 Å². The minimum Gasteiger partial charge on any atom is -0.0492 e. The summed E-state index contributed by atoms with van der Waals surface area (Å²) in [5, 5.41) is 0. The predicted molar refractivity (Wildman–Crippen MR) is 74.1 cm³/mol. The molecule has 0 saturated heterocycles. The average Bonchev–Trinajstić information content (AvgIpc) is 1.99. The molecular weight excluding hydrogens is 493 g/mol. The van der Waals surface area contributed by atoms with E-state index in [1.807, 2.05) is 0 Å². The highest BCUT2D eigenvalue weighted by molar-refractivity contribution is 14.1. The van der Waals surface area contributed by atoms with E-state index >= 15 is 0 Å². The fourth-order valence-electron chi connectivity index (χ4n) is 0.710. The second-order valence-electron chi connectivity index (χ2n) is 2.05. The molecule has 0 aliphatic heterocycles. The van der Waals surface area contributed by atoms with Crippen molar-refractivity contribution < 1.29 is 0 Å². The molecule has 1 aromatic carbocycles. The SMILES string of the molecule is [Si]Cc1cc(I)c(I)c(I)c1. The normalized spacial score (nSPS) is 10.2. The van der Waals surface area contributed by atoms with Crippen LogP contribution in [0.2, 0.25) is 0 Å². The lowest BCUT2D eigenvalue weighted by molar-refractivity contribution is 1.35. The Morgan fingerprint density at radius 3 is 1.91 bits per heavy atom. The third-order valence-electron chi connectivity index (χ3n) is 1.25. The lowest BCUT2D eigenvalue weighted by Gasteiger charge is -2.02. The van der Waals surface area contributed by atoms with Gasteiger partial charge in [0.2, 0.25) is 0 Å². The van der Waals surface area contributed by atoms with Crippen molar-refractivity contribution in [3.8, 4) is 0 Å². The van der Waals surface area contributed by atoms with Crippen LogP contribution in [-0.2, 0) is 6.04 Å². The Balaban J connectivity index is 3.21. The second kappa shape index (κ2) is 4.75. The fourth-order valence-corrected chi connectivity index (χ4v) is 3.12. The first-order valence-corrected chi connectivity index (χ1v) is 6.87. The Hall–Kier alpha value is 1.63. The maximum atomic E-state index is 3.49. The maximum absolute atomic E-state index is 3.49. The molecular formula is C7H4I3Si. The van der Waals surface area contributed by atoms with Gasteiger partial charge in [-0.3, -0.25) is 0 Å². The van der Waals surface area contributed by atoms with Gasteiger partial charge in [0.25, 0.3) is 0 Å². The van der Waals surface area contributed by atoms with Gasteiger partial charge in [-0.25, -0.2) is 0 Å². The van der Waals surface area contributed by atoms with Crippen LogP contribution in [-0.4, -0.2) is 10.2 Å². The van der Waals surface area contributed by atoms with Crippen molar-refractivity contribution in [3.05, 3.63) is 28.4 Å². The highest BCUT2D eigenvalue weighted by Gasteiger charge is 2.02. The first kappa shape index (κ1) is 10.7. The van der Waals surface area contributed by atoms with Gasteiger partial charge in [-0.2, -0.15) is 0 Å². The first-order chi connectivity index (χ1) is 5.15. The average molecular weight is 497 g/mol. The zero-order valence-electron chi connectivity index (χ0n) is 5.50. The largest absolute Gasteiger partial charge is 0.0492 e. The molecule has 0 amide bonds. The smallest absolute Gasteiger partial charge is 0.0397 e. The van der Waals surface area contributed by atoms with Gasteiger partial charge in [-0.1, -0.05) is 0 Å². The topological polar surface area (TPSA) is 0 Å². The molecule has 0 heterocycles. The molecule has 0 saturated carbocycles. The van der Waals surface area contributed by atoms with Crippen molar-refractivity contribution in [3.63, 3.8) is 0 Å². The monoisotopic (exact) mass is 497 g/mol. The zero-order chi connectivity index (χ0) is 8.43. The standard InChI is InChI=1S/C7H4I3Si/c8-5-1-4(3-11)2-6(9)7(5)10/h1-2H,3H2. The molecule has 0 atom stereocenters. The van der Waals surface area contributed by atoms with E-state index in [0.29, 0.717) is 0 Å². The molecule has 11 heavy (non-hydrogen) atoms. The van der Waals surface area contributed by atoms with Crippen LogP contribution in [0.4, 0.5) is 0 Å². The van der Waals surface area contributed by atoms with Crippen molar-refractivity contribution in [1.29, 1.82) is 0 Å². The molecule has 0 aromatic heterocycles. The summed E-state index contributed by atoms with van der Waals surface area (Å²) in [7, 11) is 3.49. The lowest BCUT2D eigenvalue weighted by atomic mass is 10.2. The fraction of sp³-hybridized carbons (Fsp3) is 0.143. The summed E-state index contributed by atoms with van der Waals surface area (Å²) < 4.78 is 4.03. The molecule has 0 bridgehead atoms. The molecule has 1 aromatic rings. The molecule has 0 aliphatic carbocycles. The number of benzene rings is 1. The summed E-state index contributed by atoms with van der Waals surface area (Å²) in [5.41, 5.74) is 1.34. The third kappa shape index (κ3) is 2.80. The van der Waals surface area contributed by atoms with E-state index in [1.54, 1.807) is 0 Å². The van der Waals surface area contributed by atoms with Gasteiger partial charge in [0, 0.05) is 21.0 Å².